The molecular formula is C21H23NO2. The number of carbonyl (C=O) groups excluding carboxylic acids is 1. The molecule has 0 saturated heterocycles. The lowest BCUT2D eigenvalue weighted by Gasteiger charge is -2.08. The quantitative estimate of drug-likeness (QED) is 0.675. The van der Waals surface area contributed by atoms with Crippen LogP contribution in [0.3, 0.4) is 0 Å². The number of aromatic amines is 1. The molecule has 0 fully saturated rings. The van der Waals surface area contributed by atoms with Crippen molar-refractivity contribution in [2.24, 2.45) is 0 Å². The molecule has 24 heavy (non-hydrogen) atoms. The summed E-state index contributed by atoms with van der Waals surface area (Å²) in [5.41, 5.74) is 6.13. The summed E-state index contributed by atoms with van der Waals surface area (Å²) in [5.74, 6) is -0.270. The maximum absolute atomic E-state index is 12.6. The van der Waals surface area contributed by atoms with Gasteiger partial charge in [0.15, 0.2) is 0 Å². The molecule has 1 aromatic heterocycles. The van der Waals surface area contributed by atoms with E-state index in [1.807, 2.05) is 37.3 Å². The Balaban J connectivity index is 1.93. The minimum absolute atomic E-state index is 0.270. The number of hydrogen-bond donors (Lipinski definition) is 1. The molecule has 3 rings (SSSR count). The monoisotopic (exact) mass is 321 g/mol. The van der Waals surface area contributed by atoms with Crippen LogP contribution in [-0.4, -0.2) is 11.0 Å². The minimum Gasteiger partial charge on any atom is -0.457 e. The molecule has 0 aliphatic carbocycles. The van der Waals surface area contributed by atoms with E-state index in [0.29, 0.717) is 12.2 Å². The summed E-state index contributed by atoms with van der Waals surface area (Å²) in [6.45, 7) is 6.52. The van der Waals surface area contributed by atoms with Crippen LogP contribution in [-0.2, 0) is 24.2 Å². The number of aromatic nitrogens is 1. The largest absolute Gasteiger partial charge is 0.457 e. The van der Waals surface area contributed by atoms with Gasteiger partial charge >= 0.3 is 5.97 Å². The van der Waals surface area contributed by atoms with Crippen molar-refractivity contribution in [2.45, 2.75) is 40.2 Å². The Morgan fingerprint density at radius 3 is 2.38 bits per heavy atom. The summed E-state index contributed by atoms with van der Waals surface area (Å²) in [6.07, 6.45) is 1.95. The van der Waals surface area contributed by atoms with Crippen molar-refractivity contribution in [3.05, 3.63) is 70.4 Å². The molecule has 3 nitrogen and oxygen atoms in total. The standard InChI is InChI=1S/C21H23NO2/c1-4-16-11-18-19(12-17(16)5-2)22-14(3)20(18)21(23)24-13-15-9-7-6-8-10-15/h6-12,22H,4-5,13H2,1-3H3. The first-order chi connectivity index (χ1) is 11.6. The molecule has 3 aromatic rings. The molecule has 1 N–H and O–H groups in total. The second-order valence-corrected chi connectivity index (χ2v) is 6.06. The Kier molecular flexibility index (Phi) is 4.70. The van der Waals surface area contributed by atoms with Crippen LogP contribution < -0.4 is 0 Å². The second kappa shape index (κ2) is 6.91. The van der Waals surface area contributed by atoms with E-state index < -0.39 is 0 Å². The van der Waals surface area contributed by atoms with Gasteiger partial charge in [0.1, 0.15) is 6.61 Å². The molecular weight excluding hydrogens is 298 g/mol. The Labute approximate surface area is 142 Å². The highest BCUT2D eigenvalue weighted by Crippen LogP contribution is 2.27. The SMILES string of the molecule is CCc1cc2[nH]c(C)c(C(=O)OCc3ccccc3)c2cc1CC. The predicted molar refractivity (Wildman–Crippen MR) is 97.4 cm³/mol. The van der Waals surface area contributed by atoms with Gasteiger partial charge in [0.05, 0.1) is 5.56 Å². The van der Waals surface area contributed by atoms with E-state index in [9.17, 15) is 4.79 Å². The minimum atomic E-state index is -0.270. The molecule has 0 spiro atoms. The molecule has 0 unspecified atom stereocenters. The third-order valence-corrected chi connectivity index (χ3v) is 4.48. The topological polar surface area (TPSA) is 42.1 Å². The van der Waals surface area contributed by atoms with Gasteiger partial charge in [0, 0.05) is 16.6 Å². The zero-order valence-electron chi connectivity index (χ0n) is 14.5. The molecule has 3 heteroatoms. The highest BCUT2D eigenvalue weighted by atomic mass is 16.5. The number of ether oxygens (including phenoxy) is 1. The number of aryl methyl sites for hydroxylation is 3. The Morgan fingerprint density at radius 1 is 1.04 bits per heavy atom. The first-order valence-electron chi connectivity index (χ1n) is 8.49. The first-order valence-corrected chi connectivity index (χ1v) is 8.49. The molecule has 2 aromatic carbocycles. The number of esters is 1. The fourth-order valence-corrected chi connectivity index (χ4v) is 3.18. The van der Waals surface area contributed by atoms with Gasteiger partial charge in [0.2, 0.25) is 0 Å². The van der Waals surface area contributed by atoms with E-state index in [2.05, 4.69) is 31.0 Å². The molecule has 0 aliphatic heterocycles. The van der Waals surface area contributed by atoms with E-state index in [1.54, 1.807) is 0 Å². The second-order valence-electron chi connectivity index (χ2n) is 6.06. The van der Waals surface area contributed by atoms with Crippen LogP contribution in [0.4, 0.5) is 0 Å². The fraction of sp³-hybridized carbons (Fsp3) is 0.286. The number of H-pyrrole nitrogens is 1. The summed E-state index contributed by atoms with van der Waals surface area (Å²) in [7, 11) is 0. The fourth-order valence-electron chi connectivity index (χ4n) is 3.18. The normalized spacial score (nSPS) is 11.0. The number of rotatable bonds is 5. The predicted octanol–water partition coefficient (Wildman–Crippen LogP) is 4.96. The van der Waals surface area contributed by atoms with Crippen LogP contribution in [0.1, 0.15) is 46.6 Å². The van der Waals surface area contributed by atoms with Gasteiger partial charge in [0.25, 0.3) is 0 Å². The van der Waals surface area contributed by atoms with Crippen molar-refractivity contribution >= 4 is 16.9 Å². The van der Waals surface area contributed by atoms with Crippen molar-refractivity contribution < 1.29 is 9.53 Å². The highest BCUT2D eigenvalue weighted by Gasteiger charge is 2.19. The summed E-state index contributed by atoms with van der Waals surface area (Å²) < 4.78 is 5.53. The van der Waals surface area contributed by atoms with Crippen molar-refractivity contribution in [3.63, 3.8) is 0 Å². The summed E-state index contributed by atoms with van der Waals surface area (Å²) >= 11 is 0. The maximum Gasteiger partial charge on any atom is 0.340 e. The molecule has 0 radical (unpaired) electrons. The van der Waals surface area contributed by atoms with Gasteiger partial charge in [-0.2, -0.15) is 0 Å². The molecule has 0 amide bonds. The summed E-state index contributed by atoms with van der Waals surface area (Å²) in [5, 5.41) is 0.958. The Bertz CT molecular complexity index is 862. The molecule has 0 aliphatic rings. The van der Waals surface area contributed by atoms with Crippen molar-refractivity contribution in [1.29, 1.82) is 0 Å². The van der Waals surface area contributed by atoms with Crippen LogP contribution >= 0.6 is 0 Å². The number of fused-ring (bicyclic) bond motifs is 1. The average Bonchev–Trinajstić information content (AvgIpc) is 2.94. The van der Waals surface area contributed by atoms with Crippen LogP contribution in [0.25, 0.3) is 10.9 Å². The third kappa shape index (κ3) is 3.07. The van der Waals surface area contributed by atoms with Gasteiger partial charge in [-0.25, -0.2) is 4.79 Å². The van der Waals surface area contributed by atoms with E-state index in [4.69, 9.17) is 4.74 Å². The molecule has 124 valence electrons. The van der Waals surface area contributed by atoms with E-state index >= 15 is 0 Å². The van der Waals surface area contributed by atoms with Gasteiger partial charge < -0.3 is 9.72 Å². The van der Waals surface area contributed by atoms with Crippen LogP contribution in [0, 0.1) is 6.92 Å². The maximum atomic E-state index is 12.6. The molecule has 0 saturated carbocycles. The number of benzene rings is 2. The molecule has 0 bridgehead atoms. The molecule has 0 atom stereocenters. The zero-order valence-corrected chi connectivity index (χ0v) is 14.5. The third-order valence-electron chi connectivity index (χ3n) is 4.48. The van der Waals surface area contributed by atoms with Crippen molar-refractivity contribution in [3.8, 4) is 0 Å². The van der Waals surface area contributed by atoms with E-state index in [-0.39, 0.29) is 5.97 Å². The van der Waals surface area contributed by atoms with Gasteiger partial charge in [-0.1, -0.05) is 44.2 Å². The zero-order chi connectivity index (χ0) is 17.1. The van der Waals surface area contributed by atoms with E-state index in [1.165, 1.54) is 11.1 Å². The smallest absolute Gasteiger partial charge is 0.340 e. The van der Waals surface area contributed by atoms with E-state index in [0.717, 1.165) is 35.0 Å². The number of nitrogens with one attached hydrogen (secondary N) is 1. The van der Waals surface area contributed by atoms with Crippen LogP contribution in [0.15, 0.2) is 42.5 Å². The number of hydrogen-bond acceptors (Lipinski definition) is 2. The van der Waals surface area contributed by atoms with Crippen molar-refractivity contribution in [1.82, 2.24) is 4.98 Å². The van der Waals surface area contributed by atoms with Crippen LogP contribution in [0.2, 0.25) is 0 Å². The first kappa shape index (κ1) is 16.3. The van der Waals surface area contributed by atoms with Gasteiger partial charge in [-0.15, -0.1) is 0 Å². The number of carbonyl (C=O) groups is 1. The van der Waals surface area contributed by atoms with Gasteiger partial charge in [-0.3, -0.25) is 0 Å². The Hall–Kier alpha value is -2.55. The summed E-state index contributed by atoms with van der Waals surface area (Å²) in [4.78, 5) is 16.0. The lowest BCUT2D eigenvalue weighted by atomic mass is 9.99. The summed E-state index contributed by atoms with van der Waals surface area (Å²) in [6, 6.07) is 14.1. The van der Waals surface area contributed by atoms with Crippen molar-refractivity contribution in [2.75, 3.05) is 0 Å². The lowest BCUT2D eigenvalue weighted by Crippen LogP contribution is -2.06. The molecule has 1 heterocycles. The average molecular weight is 321 g/mol. The Morgan fingerprint density at radius 2 is 1.71 bits per heavy atom. The van der Waals surface area contributed by atoms with Gasteiger partial charge in [-0.05, 0) is 48.6 Å². The van der Waals surface area contributed by atoms with Crippen LogP contribution in [0.5, 0.6) is 0 Å². The highest BCUT2D eigenvalue weighted by molar-refractivity contribution is 6.06. The lowest BCUT2D eigenvalue weighted by molar-refractivity contribution is 0.0474.